The molecule has 0 saturated carbocycles. The quantitative estimate of drug-likeness (QED) is 0.644. The zero-order valence-electron chi connectivity index (χ0n) is 7.22. The molecule has 0 radical (unpaired) electrons. The minimum Gasteiger partial charge on any atom is -0.495 e. The van der Waals surface area contributed by atoms with Crippen LogP contribution in [0.3, 0.4) is 0 Å². The molecular weight excluding hydrogens is 138 g/mol. The molecule has 60 valence electrons. The summed E-state index contributed by atoms with van der Waals surface area (Å²) in [5, 5.41) is 0. The second-order valence-electron chi connectivity index (χ2n) is 2.50. The second kappa shape index (κ2) is 3.37. The fourth-order valence-electron chi connectivity index (χ4n) is 1.01. The molecule has 1 aromatic rings. The van der Waals surface area contributed by atoms with Gasteiger partial charge in [0.05, 0.1) is 13.3 Å². The number of hydrogen-bond donors (Lipinski definition) is 0. The van der Waals surface area contributed by atoms with E-state index in [-0.39, 0.29) is 0 Å². The maximum absolute atomic E-state index is 5.08. The number of aromatic nitrogens is 1. The Morgan fingerprint density at radius 3 is 2.73 bits per heavy atom. The predicted molar refractivity (Wildman–Crippen MR) is 44.9 cm³/mol. The zero-order valence-corrected chi connectivity index (χ0v) is 7.22. The summed E-state index contributed by atoms with van der Waals surface area (Å²) in [4.78, 5) is 4.20. The van der Waals surface area contributed by atoms with Crippen LogP contribution in [-0.4, -0.2) is 12.1 Å². The van der Waals surface area contributed by atoms with Gasteiger partial charge in [0.2, 0.25) is 0 Å². The minimum absolute atomic E-state index is 0.863. The summed E-state index contributed by atoms with van der Waals surface area (Å²) in [6.45, 7) is 4.12. The lowest BCUT2D eigenvalue weighted by Crippen LogP contribution is -1.92. The highest BCUT2D eigenvalue weighted by molar-refractivity contribution is 5.30. The number of nitrogens with zero attached hydrogens (tertiary/aromatic N) is 1. The van der Waals surface area contributed by atoms with Crippen molar-refractivity contribution in [2.45, 2.75) is 20.3 Å². The van der Waals surface area contributed by atoms with Crippen molar-refractivity contribution in [1.29, 1.82) is 0 Å². The van der Waals surface area contributed by atoms with E-state index in [9.17, 15) is 0 Å². The largest absolute Gasteiger partial charge is 0.495 e. The third-order valence-electron chi connectivity index (χ3n) is 1.70. The van der Waals surface area contributed by atoms with Crippen molar-refractivity contribution in [3.8, 4) is 5.75 Å². The van der Waals surface area contributed by atoms with Crippen molar-refractivity contribution < 1.29 is 4.74 Å². The van der Waals surface area contributed by atoms with E-state index in [0.29, 0.717) is 0 Å². The van der Waals surface area contributed by atoms with Crippen LogP contribution in [0, 0.1) is 6.92 Å². The molecule has 0 aliphatic carbocycles. The SMILES string of the molecule is CCc1cc(C)c(OC)cn1. The van der Waals surface area contributed by atoms with Crippen LogP contribution in [0.15, 0.2) is 12.3 Å². The average Bonchev–Trinajstić information content (AvgIpc) is 2.04. The van der Waals surface area contributed by atoms with Gasteiger partial charge in [-0.15, -0.1) is 0 Å². The number of pyridine rings is 1. The first-order chi connectivity index (χ1) is 5.27. The van der Waals surface area contributed by atoms with E-state index in [1.54, 1.807) is 13.3 Å². The summed E-state index contributed by atoms with van der Waals surface area (Å²) in [5.41, 5.74) is 2.27. The second-order valence-corrected chi connectivity index (χ2v) is 2.50. The van der Waals surface area contributed by atoms with E-state index < -0.39 is 0 Å². The normalized spacial score (nSPS) is 9.73. The Kier molecular flexibility index (Phi) is 2.47. The van der Waals surface area contributed by atoms with Crippen molar-refractivity contribution in [1.82, 2.24) is 4.98 Å². The van der Waals surface area contributed by atoms with Crippen molar-refractivity contribution in [3.63, 3.8) is 0 Å². The van der Waals surface area contributed by atoms with Crippen molar-refractivity contribution >= 4 is 0 Å². The number of ether oxygens (including phenoxy) is 1. The maximum Gasteiger partial charge on any atom is 0.140 e. The lowest BCUT2D eigenvalue weighted by atomic mass is 10.2. The standard InChI is InChI=1S/C9H13NO/c1-4-8-5-7(2)9(11-3)6-10-8/h5-6H,4H2,1-3H3. The van der Waals surface area contributed by atoms with Gasteiger partial charge in [0.25, 0.3) is 0 Å². The van der Waals surface area contributed by atoms with Crippen molar-refractivity contribution in [2.24, 2.45) is 0 Å². The van der Waals surface area contributed by atoms with Crippen LogP contribution in [-0.2, 0) is 6.42 Å². The Morgan fingerprint density at radius 1 is 1.55 bits per heavy atom. The summed E-state index contributed by atoms with van der Waals surface area (Å²) in [6, 6.07) is 2.05. The highest BCUT2D eigenvalue weighted by atomic mass is 16.5. The van der Waals surface area contributed by atoms with Crippen LogP contribution in [0.2, 0.25) is 0 Å². The molecule has 1 heterocycles. The van der Waals surface area contributed by atoms with Gasteiger partial charge in [-0.05, 0) is 25.0 Å². The summed E-state index contributed by atoms with van der Waals surface area (Å²) in [5.74, 6) is 0.863. The van der Waals surface area contributed by atoms with Gasteiger partial charge in [-0.2, -0.15) is 0 Å². The van der Waals surface area contributed by atoms with Gasteiger partial charge in [-0.25, -0.2) is 0 Å². The van der Waals surface area contributed by atoms with E-state index in [0.717, 1.165) is 23.4 Å². The smallest absolute Gasteiger partial charge is 0.140 e. The van der Waals surface area contributed by atoms with E-state index in [2.05, 4.69) is 18.0 Å². The first-order valence-electron chi connectivity index (χ1n) is 3.77. The minimum atomic E-state index is 0.863. The highest BCUT2D eigenvalue weighted by Gasteiger charge is 1.98. The molecule has 0 N–H and O–H groups in total. The molecule has 11 heavy (non-hydrogen) atoms. The van der Waals surface area contributed by atoms with E-state index in [1.165, 1.54) is 0 Å². The summed E-state index contributed by atoms with van der Waals surface area (Å²) in [7, 11) is 1.66. The van der Waals surface area contributed by atoms with Crippen LogP contribution in [0.1, 0.15) is 18.2 Å². The molecule has 0 saturated heterocycles. The molecule has 0 spiro atoms. The molecule has 1 aromatic heterocycles. The lowest BCUT2D eigenvalue weighted by Gasteiger charge is -2.04. The molecule has 0 unspecified atom stereocenters. The van der Waals surface area contributed by atoms with Gasteiger partial charge in [-0.3, -0.25) is 4.98 Å². The molecule has 2 heteroatoms. The van der Waals surface area contributed by atoms with E-state index >= 15 is 0 Å². The molecule has 0 bridgehead atoms. The fraction of sp³-hybridized carbons (Fsp3) is 0.444. The Morgan fingerprint density at radius 2 is 2.27 bits per heavy atom. The monoisotopic (exact) mass is 151 g/mol. The Bertz CT molecular complexity index is 245. The van der Waals surface area contributed by atoms with Gasteiger partial charge >= 0.3 is 0 Å². The molecule has 0 aromatic carbocycles. The molecule has 0 aliphatic heterocycles. The van der Waals surface area contributed by atoms with Crippen LogP contribution in [0.4, 0.5) is 0 Å². The molecule has 0 atom stereocenters. The number of hydrogen-bond acceptors (Lipinski definition) is 2. The fourth-order valence-corrected chi connectivity index (χ4v) is 1.01. The van der Waals surface area contributed by atoms with Crippen LogP contribution < -0.4 is 4.74 Å². The molecule has 0 fully saturated rings. The molecule has 2 nitrogen and oxygen atoms in total. The van der Waals surface area contributed by atoms with Gasteiger partial charge in [0.1, 0.15) is 5.75 Å². The molecule has 0 amide bonds. The summed E-state index contributed by atoms with van der Waals surface area (Å²) in [6.07, 6.45) is 2.75. The number of methoxy groups -OCH3 is 1. The Hall–Kier alpha value is -1.05. The molecule has 1 rings (SSSR count). The molecule has 0 aliphatic rings. The van der Waals surface area contributed by atoms with Crippen LogP contribution in [0.25, 0.3) is 0 Å². The zero-order chi connectivity index (χ0) is 8.27. The van der Waals surface area contributed by atoms with E-state index in [1.807, 2.05) is 6.92 Å². The topological polar surface area (TPSA) is 22.1 Å². The van der Waals surface area contributed by atoms with Crippen LogP contribution in [0.5, 0.6) is 5.75 Å². The highest BCUT2D eigenvalue weighted by Crippen LogP contribution is 2.15. The Labute approximate surface area is 67.2 Å². The third kappa shape index (κ3) is 1.70. The average molecular weight is 151 g/mol. The maximum atomic E-state index is 5.08. The van der Waals surface area contributed by atoms with Gasteiger partial charge in [0.15, 0.2) is 0 Å². The van der Waals surface area contributed by atoms with Crippen molar-refractivity contribution in [3.05, 3.63) is 23.5 Å². The van der Waals surface area contributed by atoms with Gasteiger partial charge in [0, 0.05) is 5.69 Å². The van der Waals surface area contributed by atoms with Crippen molar-refractivity contribution in [2.75, 3.05) is 7.11 Å². The summed E-state index contributed by atoms with van der Waals surface area (Å²) >= 11 is 0. The summed E-state index contributed by atoms with van der Waals surface area (Å²) < 4.78 is 5.08. The van der Waals surface area contributed by atoms with Gasteiger partial charge < -0.3 is 4.74 Å². The van der Waals surface area contributed by atoms with Crippen LogP contribution >= 0.6 is 0 Å². The third-order valence-corrected chi connectivity index (χ3v) is 1.70. The first-order valence-corrected chi connectivity index (χ1v) is 3.77. The molecular formula is C9H13NO. The first kappa shape index (κ1) is 8.05. The number of aryl methyl sites for hydroxylation is 2. The number of rotatable bonds is 2. The predicted octanol–water partition coefficient (Wildman–Crippen LogP) is 1.96. The van der Waals surface area contributed by atoms with Gasteiger partial charge in [-0.1, -0.05) is 6.92 Å². The van der Waals surface area contributed by atoms with E-state index in [4.69, 9.17) is 4.74 Å². The lowest BCUT2D eigenvalue weighted by molar-refractivity contribution is 0.409. The Balaban J connectivity index is 2.99.